The van der Waals surface area contributed by atoms with Gasteiger partial charge in [-0.15, -0.1) is 0 Å². The van der Waals surface area contributed by atoms with Crippen LogP contribution in [0.4, 0.5) is 10.7 Å². The van der Waals surface area contributed by atoms with Crippen molar-refractivity contribution in [2.75, 3.05) is 38.1 Å². The van der Waals surface area contributed by atoms with E-state index in [9.17, 15) is 9.59 Å². The number of hydrogen-bond donors (Lipinski definition) is 1. The molecule has 0 radical (unpaired) electrons. The molecule has 1 aromatic carbocycles. The van der Waals surface area contributed by atoms with Crippen molar-refractivity contribution < 1.29 is 14.3 Å². The Morgan fingerprint density at radius 2 is 1.71 bits per heavy atom. The molecule has 0 unspecified atom stereocenters. The lowest BCUT2D eigenvalue weighted by atomic mass is 10.1. The van der Waals surface area contributed by atoms with Crippen molar-refractivity contribution in [1.29, 1.82) is 0 Å². The molecule has 148 valence electrons. The summed E-state index contributed by atoms with van der Waals surface area (Å²) in [4.78, 5) is 36.2. The highest BCUT2D eigenvalue weighted by atomic mass is 16.6. The number of benzene rings is 1. The number of ether oxygens (including phenoxy) is 1. The summed E-state index contributed by atoms with van der Waals surface area (Å²) in [7, 11) is 0. The molecule has 1 saturated heterocycles. The molecule has 3 rings (SSSR count). The maximum absolute atomic E-state index is 12.6. The maximum Gasteiger partial charge on any atom is 0.409 e. The van der Waals surface area contributed by atoms with E-state index in [1.54, 1.807) is 16.7 Å². The molecule has 28 heavy (non-hydrogen) atoms. The van der Waals surface area contributed by atoms with Gasteiger partial charge in [0.1, 0.15) is 0 Å². The molecule has 0 aliphatic carbocycles. The largest absolute Gasteiger partial charge is 0.450 e. The number of nitrogens with zero attached hydrogens (tertiary/aromatic N) is 4. The molecule has 0 atom stereocenters. The molecule has 1 aliphatic rings. The monoisotopic (exact) mass is 383 g/mol. The minimum absolute atomic E-state index is 0.131. The first-order valence-corrected chi connectivity index (χ1v) is 9.40. The first-order chi connectivity index (χ1) is 13.6. The Morgan fingerprint density at radius 3 is 2.36 bits per heavy atom. The number of piperazine rings is 1. The van der Waals surface area contributed by atoms with Gasteiger partial charge in [0, 0.05) is 45.1 Å². The standard InChI is InChI=1S/C20H25N5O3/c1-3-28-20(27)25-10-8-24(9-11-25)18(26)17-13-22-19(23-14-17)21-12-16-7-5-4-6-15(16)2/h4-7,13-14H,3,8-12H2,1-2H3,(H,21,22,23). The third-order valence-corrected chi connectivity index (χ3v) is 4.69. The predicted octanol–water partition coefficient (Wildman–Crippen LogP) is 2.31. The van der Waals surface area contributed by atoms with Gasteiger partial charge in [-0.25, -0.2) is 14.8 Å². The molecular weight excluding hydrogens is 358 g/mol. The van der Waals surface area contributed by atoms with E-state index < -0.39 is 0 Å². The first-order valence-electron chi connectivity index (χ1n) is 9.40. The Kier molecular flexibility index (Phi) is 6.41. The van der Waals surface area contributed by atoms with E-state index in [2.05, 4.69) is 34.3 Å². The van der Waals surface area contributed by atoms with Gasteiger partial charge in [0.25, 0.3) is 5.91 Å². The van der Waals surface area contributed by atoms with E-state index in [0.29, 0.717) is 50.8 Å². The lowest BCUT2D eigenvalue weighted by Gasteiger charge is -2.33. The summed E-state index contributed by atoms with van der Waals surface area (Å²) in [5.74, 6) is 0.348. The van der Waals surface area contributed by atoms with Gasteiger partial charge in [0.2, 0.25) is 5.95 Å². The predicted molar refractivity (Wildman–Crippen MR) is 105 cm³/mol. The lowest BCUT2D eigenvalue weighted by Crippen LogP contribution is -2.50. The van der Waals surface area contributed by atoms with Crippen LogP contribution in [0.25, 0.3) is 0 Å². The van der Waals surface area contributed by atoms with Crippen molar-refractivity contribution in [3.63, 3.8) is 0 Å². The van der Waals surface area contributed by atoms with Crippen LogP contribution in [-0.2, 0) is 11.3 Å². The first kappa shape index (κ1) is 19.6. The van der Waals surface area contributed by atoms with Gasteiger partial charge < -0.3 is 19.9 Å². The Labute approximate surface area is 164 Å². The van der Waals surface area contributed by atoms with Crippen molar-refractivity contribution >= 4 is 17.9 Å². The third-order valence-electron chi connectivity index (χ3n) is 4.69. The highest BCUT2D eigenvalue weighted by Crippen LogP contribution is 2.11. The maximum atomic E-state index is 12.6. The minimum Gasteiger partial charge on any atom is -0.450 e. The highest BCUT2D eigenvalue weighted by molar-refractivity contribution is 5.93. The quantitative estimate of drug-likeness (QED) is 0.853. The number of hydrogen-bond acceptors (Lipinski definition) is 6. The Hall–Kier alpha value is -3.16. The zero-order chi connectivity index (χ0) is 19.9. The van der Waals surface area contributed by atoms with Crippen LogP contribution >= 0.6 is 0 Å². The number of nitrogens with one attached hydrogen (secondary N) is 1. The summed E-state index contributed by atoms with van der Waals surface area (Å²) in [6, 6.07) is 8.11. The number of amides is 2. The lowest BCUT2D eigenvalue weighted by molar-refractivity contribution is 0.0570. The van der Waals surface area contributed by atoms with E-state index in [-0.39, 0.29) is 12.0 Å². The second-order valence-corrected chi connectivity index (χ2v) is 6.55. The molecule has 8 heteroatoms. The van der Waals surface area contributed by atoms with E-state index >= 15 is 0 Å². The zero-order valence-electron chi connectivity index (χ0n) is 16.2. The van der Waals surface area contributed by atoms with E-state index in [1.165, 1.54) is 23.5 Å². The fourth-order valence-corrected chi connectivity index (χ4v) is 3.00. The van der Waals surface area contributed by atoms with Gasteiger partial charge in [-0.2, -0.15) is 0 Å². The summed E-state index contributed by atoms with van der Waals surface area (Å²) in [5.41, 5.74) is 2.81. The second kappa shape index (κ2) is 9.16. The third kappa shape index (κ3) is 4.76. The summed E-state index contributed by atoms with van der Waals surface area (Å²) in [6.45, 7) is 6.65. The molecule has 2 heterocycles. The number of aryl methyl sites for hydroxylation is 1. The Bertz CT molecular complexity index is 817. The van der Waals surface area contributed by atoms with Crippen LogP contribution in [0.1, 0.15) is 28.4 Å². The van der Waals surface area contributed by atoms with Crippen molar-refractivity contribution in [3.8, 4) is 0 Å². The van der Waals surface area contributed by atoms with Crippen LogP contribution in [0.3, 0.4) is 0 Å². The Balaban J connectivity index is 1.53. The highest BCUT2D eigenvalue weighted by Gasteiger charge is 2.25. The molecule has 1 N–H and O–H groups in total. The number of carbonyl (C=O) groups is 2. The van der Waals surface area contributed by atoms with Crippen LogP contribution in [0, 0.1) is 6.92 Å². The van der Waals surface area contributed by atoms with Crippen molar-refractivity contribution in [2.45, 2.75) is 20.4 Å². The second-order valence-electron chi connectivity index (χ2n) is 6.55. The minimum atomic E-state index is -0.331. The van der Waals surface area contributed by atoms with Crippen LogP contribution in [0.15, 0.2) is 36.7 Å². The van der Waals surface area contributed by atoms with Crippen LogP contribution in [0.2, 0.25) is 0 Å². The molecule has 2 amide bonds. The molecule has 1 aliphatic heterocycles. The molecule has 2 aromatic rings. The fraction of sp³-hybridized carbons (Fsp3) is 0.400. The van der Waals surface area contributed by atoms with Gasteiger partial charge in [0.05, 0.1) is 12.2 Å². The SMILES string of the molecule is CCOC(=O)N1CCN(C(=O)c2cnc(NCc3ccccc3C)nc2)CC1. The topological polar surface area (TPSA) is 87.7 Å². The molecule has 0 bridgehead atoms. The van der Waals surface area contributed by atoms with Gasteiger partial charge >= 0.3 is 6.09 Å². The number of aromatic nitrogens is 2. The molecule has 0 spiro atoms. The van der Waals surface area contributed by atoms with Crippen LogP contribution in [-0.4, -0.2) is 64.6 Å². The van der Waals surface area contributed by atoms with Gasteiger partial charge in [-0.1, -0.05) is 24.3 Å². The van der Waals surface area contributed by atoms with E-state index in [0.717, 1.165) is 0 Å². The van der Waals surface area contributed by atoms with Gasteiger partial charge in [-0.3, -0.25) is 4.79 Å². The average Bonchev–Trinajstić information content (AvgIpc) is 2.73. The zero-order valence-corrected chi connectivity index (χ0v) is 16.2. The normalized spacial score (nSPS) is 13.9. The van der Waals surface area contributed by atoms with Crippen LogP contribution in [0.5, 0.6) is 0 Å². The molecule has 0 saturated carbocycles. The van der Waals surface area contributed by atoms with Crippen molar-refractivity contribution in [2.24, 2.45) is 0 Å². The number of carbonyl (C=O) groups excluding carboxylic acids is 2. The van der Waals surface area contributed by atoms with Gasteiger partial charge in [0.15, 0.2) is 0 Å². The van der Waals surface area contributed by atoms with Crippen molar-refractivity contribution in [3.05, 3.63) is 53.3 Å². The average molecular weight is 383 g/mol. The van der Waals surface area contributed by atoms with Gasteiger partial charge in [-0.05, 0) is 25.0 Å². The summed E-state index contributed by atoms with van der Waals surface area (Å²) in [6.07, 6.45) is 2.74. The van der Waals surface area contributed by atoms with Crippen LogP contribution < -0.4 is 5.32 Å². The number of rotatable bonds is 5. The summed E-state index contributed by atoms with van der Waals surface area (Å²) >= 11 is 0. The molecular formula is C20H25N5O3. The molecule has 1 aromatic heterocycles. The number of anilines is 1. The molecule has 1 fully saturated rings. The summed E-state index contributed by atoms with van der Waals surface area (Å²) in [5, 5.41) is 3.17. The van der Waals surface area contributed by atoms with Crippen molar-refractivity contribution in [1.82, 2.24) is 19.8 Å². The molecule has 8 nitrogen and oxygen atoms in total. The smallest absolute Gasteiger partial charge is 0.409 e. The fourth-order valence-electron chi connectivity index (χ4n) is 3.00. The van der Waals surface area contributed by atoms with E-state index in [1.807, 2.05) is 12.1 Å². The summed E-state index contributed by atoms with van der Waals surface area (Å²) < 4.78 is 4.99. The van der Waals surface area contributed by atoms with E-state index in [4.69, 9.17) is 4.74 Å². The Morgan fingerprint density at radius 1 is 1.07 bits per heavy atom.